The molecule has 0 aliphatic carbocycles. The molecule has 0 bridgehead atoms. The van der Waals surface area contributed by atoms with Crippen LogP contribution in [0.25, 0.3) is 10.9 Å². The lowest BCUT2D eigenvalue weighted by Crippen LogP contribution is -2.19. The molecule has 0 aliphatic heterocycles. The van der Waals surface area contributed by atoms with Gasteiger partial charge >= 0.3 is 0 Å². The van der Waals surface area contributed by atoms with Crippen molar-refractivity contribution in [3.8, 4) is 0 Å². The zero-order valence-electron chi connectivity index (χ0n) is 13.6. The van der Waals surface area contributed by atoms with Gasteiger partial charge in [0.25, 0.3) is 5.82 Å². The van der Waals surface area contributed by atoms with Crippen molar-refractivity contribution in [1.29, 1.82) is 0 Å². The van der Waals surface area contributed by atoms with Gasteiger partial charge in [0.05, 0.1) is 6.20 Å². The van der Waals surface area contributed by atoms with E-state index in [4.69, 9.17) is 0 Å². The number of hydrogen-bond acceptors (Lipinski definition) is 1. The van der Waals surface area contributed by atoms with E-state index in [1.807, 2.05) is 18.3 Å². The summed E-state index contributed by atoms with van der Waals surface area (Å²) >= 11 is 0. The largest absolute Gasteiger partial charge is 0.358 e. The van der Waals surface area contributed by atoms with Crippen LogP contribution in [0.2, 0.25) is 0 Å². The van der Waals surface area contributed by atoms with Crippen LogP contribution in [0.4, 0.5) is 5.82 Å². The van der Waals surface area contributed by atoms with Gasteiger partial charge in [0.1, 0.15) is 6.04 Å². The van der Waals surface area contributed by atoms with E-state index in [1.54, 1.807) is 0 Å². The molecule has 0 radical (unpaired) electrons. The average Bonchev–Trinajstić information content (AvgIpc) is 2.97. The Bertz CT molecular complexity index is 943. The number of aromatic amines is 2. The van der Waals surface area contributed by atoms with E-state index < -0.39 is 0 Å². The number of hydrogen-bond donors (Lipinski definition) is 2. The Morgan fingerprint density at radius 2 is 1.62 bits per heavy atom. The molecule has 0 spiro atoms. The summed E-state index contributed by atoms with van der Waals surface area (Å²) in [7, 11) is 0. The van der Waals surface area contributed by atoms with Crippen LogP contribution in [0.15, 0.2) is 79.0 Å². The van der Waals surface area contributed by atoms with Crippen molar-refractivity contribution in [3.05, 3.63) is 95.8 Å². The van der Waals surface area contributed by atoms with Crippen LogP contribution in [0.1, 0.15) is 22.9 Å². The first-order chi connectivity index (χ1) is 11.8. The van der Waals surface area contributed by atoms with Gasteiger partial charge in [0, 0.05) is 33.8 Å². The normalized spacial score (nSPS) is 12.2. The highest BCUT2D eigenvalue weighted by molar-refractivity contribution is 5.86. The minimum absolute atomic E-state index is 0.0704. The topological polar surface area (TPSA) is 42.0 Å². The Kier molecular flexibility index (Phi) is 3.75. The van der Waals surface area contributed by atoms with Gasteiger partial charge in [-0.15, -0.1) is 0 Å². The molecule has 3 heteroatoms. The molecule has 0 saturated carbocycles. The second-order valence-electron chi connectivity index (χ2n) is 5.97. The minimum Gasteiger partial charge on any atom is -0.358 e. The van der Waals surface area contributed by atoms with Crippen molar-refractivity contribution in [3.63, 3.8) is 0 Å². The molecule has 2 aromatic carbocycles. The summed E-state index contributed by atoms with van der Waals surface area (Å²) in [4.78, 5) is 6.79. The summed E-state index contributed by atoms with van der Waals surface area (Å²) in [6, 6.07) is 25.2. The molecule has 0 aliphatic rings. The lowest BCUT2D eigenvalue weighted by Gasteiger charge is -2.16. The fourth-order valence-electron chi connectivity index (χ4n) is 3.28. The molecule has 0 amide bonds. The summed E-state index contributed by atoms with van der Waals surface area (Å²) in [5.41, 5.74) is 4.88. The smallest absolute Gasteiger partial charge is 0.272 e. The SMILES string of the molecule is Cc1[nH]c2ccccc2c1[C@H](Nc1cccc[nH+]1)c1ccccc1. The maximum atomic E-state index is 3.66. The van der Waals surface area contributed by atoms with Crippen molar-refractivity contribution in [2.75, 3.05) is 5.32 Å². The number of H-pyrrole nitrogens is 2. The summed E-state index contributed by atoms with van der Waals surface area (Å²) in [6.45, 7) is 2.14. The van der Waals surface area contributed by atoms with Crippen molar-refractivity contribution >= 4 is 16.7 Å². The molecule has 3 N–H and O–H groups in total. The molecular formula is C21H20N3+. The lowest BCUT2D eigenvalue weighted by molar-refractivity contribution is -0.361. The van der Waals surface area contributed by atoms with Crippen LogP contribution in [-0.2, 0) is 0 Å². The van der Waals surface area contributed by atoms with Crippen LogP contribution < -0.4 is 10.3 Å². The van der Waals surface area contributed by atoms with Crippen molar-refractivity contribution < 1.29 is 4.98 Å². The van der Waals surface area contributed by atoms with E-state index in [2.05, 4.69) is 82.9 Å². The lowest BCUT2D eigenvalue weighted by atomic mass is 9.96. The van der Waals surface area contributed by atoms with Gasteiger partial charge < -0.3 is 4.98 Å². The van der Waals surface area contributed by atoms with Gasteiger partial charge in [0.15, 0.2) is 0 Å². The number of anilines is 1. The van der Waals surface area contributed by atoms with Gasteiger partial charge in [-0.3, -0.25) is 5.32 Å². The first-order valence-corrected chi connectivity index (χ1v) is 8.18. The van der Waals surface area contributed by atoms with Crippen LogP contribution in [0.3, 0.4) is 0 Å². The summed E-state index contributed by atoms with van der Waals surface area (Å²) in [6.07, 6.45) is 1.94. The zero-order chi connectivity index (χ0) is 16.4. The predicted octanol–water partition coefficient (Wildman–Crippen LogP) is 4.49. The average molecular weight is 314 g/mol. The molecule has 2 aromatic heterocycles. The highest BCUT2D eigenvalue weighted by Crippen LogP contribution is 2.33. The Morgan fingerprint density at radius 1 is 0.875 bits per heavy atom. The maximum Gasteiger partial charge on any atom is 0.272 e. The zero-order valence-corrected chi connectivity index (χ0v) is 13.6. The van der Waals surface area contributed by atoms with Crippen LogP contribution >= 0.6 is 0 Å². The third-order valence-electron chi connectivity index (χ3n) is 4.37. The van der Waals surface area contributed by atoms with Crippen molar-refractivity contribution in [1.82, 2.24) is 4.98 Å². The summed E-state index contributed by atoms with van der Waals surface area (Å²) < 4.78 is 0. The first kappa shape index (κ1) is 14.5. The van der Waals surface area contributed by atoms with Gasteiger partial charge in [-0.2, -0.15) is 0 Å². The molecule has 0 fully saturated rings. The van der Waals surface area contributed by atoms with Crippen LogP contribution in [0.5, 0.6) is 0 Å². The number of aryl methyl sites for hydroxylation is 1. The molecule has 118 valence electrons. The highest BCUT2D eigenvalue weighted by Gasteiger charge is 2.24. The molecule has 0 saturated heterocycles. The van der Waals surface area contributed by atoms with E-state index >= 15 is 0 Å². The summed E-state index contributed by atoms with van der Waals surface area (Å²) in [5.74, 6) is 0.996. The molecule has 4 rings (SSSR count). The van der Waals surface area contributed by atoms with Crippen LogP contribution in [0, 0.1) is 6.92 Å². The van der Waals surface area contributed by atoms with E-state index in [1.165, 1.54) is 27.7 Å². The third kappa shape index (κ3) is 2.65. The number of benzene rings is 2. The number of pyridine rings is 1. The Balaban J connectivity index is 1.87. The second-order valence-corrected chi connectivity index (χ2v) is 5.97. The van der Waals surface area contributed by atoms with E-state index in [0.29, 0.717) is 0 Å². The van der Waals surface area contributed by atoms with Gasteiger partial charge in [-0.25, -0.2) is 4.98 Å². The van der Waals surface area contributed by atoms with Gasteiger partial charge in [-0.05, 0) is 19.1 Å². The monoisotopic (exact) mass is 314 g/mol. The Labute approximate surface area is 141 Å². The molecule has 1 atom stereocenters. The first-order valence-electron chi connectivity index (χ1n) is 8.18. The van der Waals surface area contributed by atoms with E-state index in [0.717, 1.165) is 5.82 Å². The number of nitrogens with one attached hydrogen (secondary N) is 3. The van der Waals surface area contributed by atoms with Gasteiger partial charge in [-0.1, -0.05) is 54.6 Å². The molecule has 2 heterocycles. The molecular weight excluding hydrogens is 294 g/mol. The van der Waals surface area contributed by atoms with Crippen molar-refractivity contribution in [2.24, 2.45) is 0 Å². The second kappa shape index (κ2) is 6.20. The predicted molar refractivity (Wildman–Crippen MR) is 97.9 cm³/mol. The number of fused-ring (bicyclic) bond motifs is 1. The quantitative estimate of drug-likeness (QED) is 0.572. The molecule has 3 nitrogen and oxygen atoms in total. The molecule has 4 aromatic rings. The fourth-order valence-corrected chi connectivity index (χ4v) is 3.28. The Hall–Kier alpha value is -3.07. The van der Waals surface area contributed by atoms with Gasteiger partial charge in [0.2, 0.25) is 0 Å². The third-order valence-corrected chi connectivity index (χ3v) is 4.37. The summed E-state index contributed by atoms with van der Waals surface area (Å²) in [5, 5.41) is 4.91. The van der Waals surface area contributed by atoms with Crippen molar-refractivity contribution in [2.45, 2.75) is 13.0 Å². The molecule has 24 heavy (non-hydrogen) atoms. The van der Waals surface area contributed by atoms with E-state index in [-0.39, 0.29) is 6.04 Å². The fraction of sp³-hybridized carbons (Fsp3) is 0.0952. The standard InChI is InChI=1S/C21H19N3/c1-15-20(17-11-5-6-12-18(17)23-15)21(16-9-3-2-4-10-16)24-19-13-7-8-14-22-19/h2-14,21,23H,1H3,(H,22,24)/p+1/t21-/m1/s1. The Morgan fingerprint density at radius 3 is 2.42 bits per heavy atom. The number of para-hydroxylation sites is 1. The van der Waals surface area contributed by atoms with Crippen LogP contribution in [-0.4, -0.2) is 4.98 Å². The minimum atomic E-state index is 0.0704. The van der Waals surface area contributed by atoms with E-state index in [9.17, 15) is 0 Å². The number of aromatic nitrogens is 2. The maximum absolute atomic E-state index is 3.66. The molecule has 0 unspecified atom stereocenters. The highest BCUT2D eigenvalue weighted by atomic mass is 15.0. The number of rotatable bonds is 4.